The first-order valence-electron chi connectivity index (χ1n) is 10.4. The van der Waals surface area contributed by atoms with Crippen molar-refractivity contribution in [2.45, 2.75) is 33.6 Å². The van der Waals surface area contributed by atoms with Gasteiger partial charge in [-0.1, -0.05) is 26.0 Å². The van der Waals surface area contributed by atoms with Gasteiger partial charge in [-0.2, -0.15) is 0 Å². The van der Waals surface area contributed by atoms with Gasteiger partial charge in [-0.3, -0.25) is 0 Å². The van der Waals surface area contributed by atoms with Crippen LogP contribution >= 0.6 is 0 Å². The molecule has 0 atom stereocenters. The van der Waals surface area contributed by atoms with Crippen molar-refractivity contribution in [2.24, 2.45) is 0 Å². The van der Waals surface area contributed by atoms with Gasteiger partial charge < -0.3 is 14.2 Å². The molecule has 3 aromatic rings. The van der Waals surface area contributed by atoms with Crippen LogP contribution in [0.4, 0.5) is 0 Å². The Morgan fingerprint density at radius 2 is 1.32 bits per heavy atom. The summed E-state index contributed by atoms with van der Waals surface area (Å²) in [5.41, 5.74) is 2.88. The molecule has 0 bridgehead atoms. The normalized spacial score (nSPS) is 10.4. The number of rotatable bonds is 8. The van der Waals surface area contributed by atoms with E-state index in [1.165, 1.54) is 5.56 Å². The van der Waals surface area contributed by atoms with Gasteiger partial charge in [-0.25, -0.2) is 9.59 Å². The molecule has 0 fully saturated rings. The fourth-order valence-corrected chi connectivity index (χ4v) is 2.94. The maximum atomic E-state index is 12.4. The van der Waals surface area contributed by atoms with Gasteiger partial charge in [-0.15, -0.1) is 0 Å². The topological polar surface area (TPSA) is 61.8 Å². The van der Waals surface area contributed by atoms with E-state index >= 15 is 0 Å². The molecule has 0 N–H and O–H groups in total. The molecule has 0 saturated carbocycles. The Balaban J connectivity index is 1.60. The van der Waals surface area contributed by atoms with E-state index in [1.54, 1.807) is 54.6 Å². The number of carbonyl (C=O) groups is 2. The molecule has 5 heteroatoms. The van der Waals surface area contributed by atoms with Crippen molar-refractivity contribution in [2.75, 3.05) is 6.61 Å². The number of esters is 2. The molecule has 0 aromatic heterocycles. The second-order valence-corrected chi connectivity index (χ2v) is 7.13. The average molecular weight is 418 g/mol. The van der Waals surface area contributed by atoms with Crippen molar-refractivity contribution in [1.82, 2.24) is 0 Å². The summed E-state index contributed by atoms with van der Waals surface area (Å²) in [4.78, 5) is 24.8. The van der Waals surface area contributed by atoms with E-state index in [1.807, 2.05) is 26.0 Å². The SMILES string of the molecule is CCCOc1ccc(C(=O)Oc2ccc(C(=O)Oc3ccc(CC)cc3C)cc2)cc1. The van der Waals surface area contributed by atoms with E-state index in [4.69, 9.17) is 14.2 Å². The lowest BCUT2D eigenvalue weighted by molar-refractivity contribution is 0.0729. The molecule has 160 valence electrons. The highest BCUT2D eigenvalue weighted by Gasteiger charge is 2.13. The Morgan fingerprint density at radius 3 is 1.87 bits per heavy atom. The Labute approximate surface area is 182 Å². The Kier molecular flexibility index (Phi) is 7.44. The van der Waals surface area contributed by atoms with Gasteiger partial charge in [0.2, 0.25) is 0 Å². The second kappa shape index (κ2) is 10.4. The maximum absolute atomic E-state index is 12.4. The van der Waals surface area contributed by atoms with Gasteiger partial charge in [0, 0.05) is 0 Å². The van der Waals surface area contributed by atoms with Crippen molar-refractivity contribution in [3.63, 3.8) is 0 Å². The highest BCUT2D eigenvalue weighted by Crippen LogP contribution is 2.22. The van der Waals surface area contributed by atoms with Crippen molar-refractivity contribution in [3.05, 3.63) is 89.0 Å². The number of aryl methyl sites for hydroxylation is 2. The number of hydrogen-bond donors (Lipinski definition) is 0. The number of benzene rings is 3. The summed E-state index contributed by atoms with van der Waals surface area (Å²) in [5.74, 6) is 0.637. The molecule has 3 aromatic carbocycles. The van der Waals surface area contributed by atoms with Crippen LogP contribution in [0, 0.1) is 6.92 Å². The third-order valence-electron chi connectivity index (χ3n) is 4.71. The molecular weight excluding hydrogens is 392 g/mol. The van der Waals surface area contributed by atoms with E-state index < -0.39 is 11.9 Å². The second-order valence-electron chi connectivity index (χ2n) is 7.13. The van der Waals surface area contributed by atoms with Gasteiger partial charge in [0.05, 0.1) is 17.7 Å². The zero-order chi connectivity index (χ0) is 22.2. The van der Waals surface area contributed by atoms with Crippen molar-refractivity contribution < 1.29 is 23.8 Å². The standard InChI is InChI=1S/C26H26O5/c1-4-16-29-22-11-7-20(8-12-22)25(27)30-23-13-9-21(10-14-23)26(28)31-24-15-6-19(5-2)17-18(24)3/h6-15,17H,4-5,16H2,1-3H3. The zero-order valence-corrected chi connectivity index (χ0v) is 18.0. The highest BCUT2D eigenvalue weighted by atomic mass is 16.5. The monoisotopic (exact) mass is 418 g/mol. The predicted molar refractivity (Wildman–Crippen MR) is 119 cm³/mol. The summed E-state index contributed by atoms with van der Waals surface area (Å²) in [5, 5.41) is 0. The van der Waals surface area contributed by atoms with Gasteiger partial charge in [0.25, 0.3) is 0 Å². The van der Waals surface area contributed by atoms with E-state index in [9.17, 15) is 9.59 Å². The maximum Gasteiger partial charge on any atom is 0.343 e. The molecule has 0 heterocycles. The van der Waals surface area contributed by atoms with E-state index in [0.29, 0.717) is 35.0 Å². The lowest BCUT2D eigenvalue weighted by Gasteiger charge is -2.09. The fraction of sp³-hybridized carbons (Fsp3) is 0.231. The number of hydrogen-bond acceptors (Lipinski definition) is 5. The van der Waals surface area contributed by atoms with Crippen LogP contribution in [0.2, 0.25) is 0 Å². The molecular formula is C26H26O5. The van der Waals surface area contributed by atoms with Crippen LogP contribution in [-0.4, -0.2) is 18.5 Å². The average Bonchev–Trinajstić information content (AvgIpc) is 2.79. The van der Waals surface area contributed by atoms with Crippen LogP contribution in [0.15, 0.2) is 66.7 Å². The van der Waals surface area contributed by atoms with E-state index in [2.05, 4.69) is 6.92 Å². The number of ether oxygens (including phenoxy) is 3. The molecule has 0 radical (unpaired) electrons. The minimum atomic E-state index is -0.482. The highest BCUT2D eigenvalue weighted by molar-refractivity contribution is 5.92. The Hall–Kier alpha value is -3.60. The van der Waals surface area contributed by atoms with Gasteiger partial charge in [0.15, 0.2) is 0 Å². The minimum Gasteiger partial charge on any atom is -0.494 e. The largest absolute Gasteiger partial charge is 0.494 e. The zero-order valence-electron chi connectivity index (χ0n) is 18.0. The predicted octanol–water partition coefficient (Wildman–Crippen LogP) is 5.78. The molecule has 5 nitrogen and oxygen atoms in total. The molecule has 0 aliphatic carbocycles. The summed E-state index contributed by atoms with van der Waals surface area (Å²) < 4.78 is 16.4. The van der Waals surface area contributed by atoms with Crippen LogP contribution in [0.5, 0.6) is 17.2 Å². The van der Waals surface area contributed by atoms with Crippen LogP contribution in [0.25, 0.3) is 0 Å². The lowest BCUT2D eigenvalue weighted by Crippen LogP contribution is -2.11. The van der Waals surface area contributed by atoms with E-state index in [-0.39, 0.29) is 0 Å². The first-order chi connectivity index (χ1) is 15.0. The summed E-state index contributed by atoms with van der Waals surface area (Å²) in [7, 11) is 0. The molecule has 0 aliphatic heterocycles. The fourth-order valence-electron chi connectivity index (χ4n) is 2.94. The molecule has 0 aliphatic rings. The Bertz CT molecular complexity index is 1040. The third kappa shape index (κ3) is 5.95. The summed E-state index contributed by atoms with van der Waals surface area (Å²) in [6, 6.07) is 18.8. The van der Waals surface area contributed by atoms with Crippen LogP contribution in [0.3, 0.4) is 0 Å². The quantitative estimate of drug-likeness (QED) is 0.342. The summed E-state index contributed by atoms with van der Waals surface area (Å²) in [6.07, 6.45) is 1.84. The van der Waals surface area contributed by atoms with Crippen molar-refractivity contribution >= 4 is 11.9 Å². The van der Waals surface area contributed by atoms with Gasteiger partial charge >= 0.3 is 11.9 Å². The van der Waals surface area contributed by atoms with Crippen LogP contribution in [0.1, 0.15) is 52.1 Å². The summed E-state index contributed by atoms with van der Waals surface area (Å²) >= 11 is 0. The molecule has 0 spiro atoms. The summed E-state index contributed by atoms with van der Waals surface area (Å²) in [6.45, 7) is 6.64. The lowest BCUT2D eigenvalue weighted by atomic mass is 10.1. The van der Waals surface area contributed by atoms with Crippen molar-refractivity contribution in [3.8, 4) is 17.2 Å². The van der Waals surface area contributed by atoms with Crippen LogP contribution < -0.4 is 14.2 Å². The van der Waals surface area contributed by atoms with Gasteiger partial charge in [-0.05, 0) is 85.5 Å². The van der Waals surface area contributed by atoms with Crippen molar-refractivity contribution in [1.29, 1.82) is 0 Å². The molecule has 0 unspecified atom stereocenters. The smallest absolute Gasteiger partial charge is 0.343 e. The first kappa shape index (κ1) is 22.1. The third-order valence-corrected chi connectivity index (χ3v) is 4.71. The van der Waals surface area contributed by atoms with E-state index in [0.717, 1.165) is 18.4 Å². The molecule has 0 saturated heterocycles. The molecule has 3 rings (SSSR count). The van der Waals surface area contributed by atoms with Crippen LogP contribution in [-0.2, 0) is 6.42 Å². The van der Waals surface area contributed by atoms with Gasteiger partial charge in [0.1, 0.15) is 17.2 Å². The Morgan fingerprint density at radius 1 is 0.742 bits per heavy atom. The first-order valence-corrected chi connectivity index (χ1v) is 10.4. The number of carbonyl (C=O) groups excluding carboxylic acids is 2. The minimum absolute atomic E-state index is 0.344. The molecule has 0 amide bonds. The molecule has 31 heavy (non-hydrogen) atoms.